The number of methoxy groups -OCH3 is 1. The van der Waals surface area contributed by atoms with Gasteiger partial charge in [-0.2, -0.15) is 0 Å². The van der Waals surface area contributed by atoms with Crippen LogP contribution < -0.4 is 4.74 Å². The molecule has 1 heterocycles. The van der Waals surface area contributed by atoms with Crippen molar-refractivity contribution in [1.29, 1.82) is 0 Å². The summed E-state index contributed by atoms with van der Waals surface area (Å²) in [5.41, 5.74) is 2.28. The summed E-state index contributed by atoms with van der Waals surface area (Å²) in [6.07, 6.45) is 3.00. The molecule has 1 amide bonds. The second-order valence-electron chi connectivity index (χ2n) is 5.50. The lowest BCUT2D eigenvalue weighted by atomic mass is 10.2. The maximum Gasteiger partial charge on any atom is 0.246 e. The molecule has 0 aliphatic heterocycles. The average molecular weight is 357 g/mol. The molecule has 0 aliphatic carbocycles. The van der Waals surface area contributed by atoms with Crippen molar-refractivity contribution in [2.24, 2.45) is 0 Å². The first-order valence-electron chi connectivity index (χ1n) is 7.68. The van der Waals surface area contributed by atoms with Gasteiger partial charge in [-0.05, 0) is 30.3 Å². The molecule has 6 heteroatoms. The number of benzene rings is 2. The Kier molecular flexibility index (Phi) is 5.05. The van der Waals surface area contributed by atoms with E-state index in [9.17, 15) is 4.79 Å². The molecule has 0 radical (unpaired) electrons. The number of amides is 1. The highest BCUT2D eigenvalue weighted by Gasteiger charge is 2.11. The highest BCUT2D eigenvalue weighted by molar-refractivity contribution is 6.30. The summed E-state index contributed by atoms with van der Waals surface area (Å²) >= 11 is 6.02. The fraction of sp³-hybridized carbons (Fsp3) is 0.158. The standard InChI is InChI=1S/C19H17ClN2O3/c1-22(12-13-11-14(20)7-8-16(13)24-2)19(23)10-9-18-21-15-5-3-4-6-17(15)25-18/h3-11H,12H2,1-2H3/b10-9+. The van der Waals surface area contributed by atoms with Gasteiger partial charge in [0.15, 0.2) is 5.58 Å². The Bertz CT molecular complexity index is 900. The molecule has 0 spiro atoms. The molecule has 25 heavy (non-hydrogen) atoms. The van der Waals surface area contributed by atoms with E-state index in [1.807, 2.05) is 24.3 Å². The van der Waals surface area contributed by atoms with Crippen LogP contribution in [-0.4, -0.2) is 29.9 Å². The zero-order chi connectivity index (χ0) is 17.8. The van der Waals surface area contributed by atoms with Gasteiger partial charge >= 0.3 is 0 Å². The van der Waals surface area contributed by atoms with E-state index in [2.05, 4.69) is 4.98 Å². The number of hydrogen-bond acceptors (Lipinski definition) is 4. The predicted octanol–water partition coefficient (Wildman–Crippen LogP) is 4.16. The largest absolute Gasteiger partial charge is 0.496 e. The second kappa shape index (κ2) is 7.40. The molecule has 0 bridgehead atoms. The van der Waals surface area contributed by atoms with Crippen molar-refractivity contribution in [1.82, 2.24) is 9.88 Å². The minimum atomic E-state index is -0.177. The number of halogens is 1. The number of aromatic nitrogens is 1. The fourth-order valence-electron chi connectivity index (χ4n) is 2.44. The first-order chi connectivity index (χ1) is 12.1. The van der Waals surface area contributed by atoms with E-state index in [4.69, 9.17) is 20.8 Å². The van der Waals surface area contributed by atoms with Crippen molar-refractivity contribution in [3.8, 4) is 5.75 Å². The molecule has 0 atom stereocenters. The summed E-state index contributed by atoms with van der Waals surface area (Å²) < 4.78 is 10.9. The summed E-state index contributed by atoms with van der Waals surface area (Å²) in [5.74, 6) is 0.902. The molecule has 2 aromatic carbocycles. The van der Waals surface area contributed by atoms with Gasteiger partial charge in [0.2, 0.25) is 11.8 Å². The van der Waals surface area contributed by atoms with Crippen LogP contribution in [0.25, 0.3) is 17.2 Å². The summed E-state index contributed by atoms with van der Waals surface area (Å²) in [7, 11) is 3.29. The van der Waals surface area contributed by atoms with Crippen LogP contribution >= 0.6 is 11.6 Å². The lowest BCUT2D eigenvalue weighted by Crippen LogP contribution is -2.24. The molecule has 0 aliphatic rings. The third kappa shape index (κ3) is 4.00. The van der Waals surface area contributed by atoms with E-state index in [1.165, 1.54) is 6.08 Å². The Balaban J connectivity index is 1.71. The molecule has 5 nitrogen and oxygen atoms in total. The molecule has 0 saturated carbocycles. The minimum absolute atomic E-state index is 0.177. The van der Waals surface area contributed by atoms with Gasteiger partial charge in [-0.15, -0.1) is 0 Å². The molecule has 0 fully saturated rings. The van der Waals surface area contributed by atoms with Crippen molar-refractivity contribution in [2.75, 3.05) is 14.2 Å². The second-order valence-corrected chi connectivity index (χ2v) is 5.94. The Morgan fingerprint density at radius 3 is 2.88 bits per heavy atom. The molecule has 0 unspecified atom stereocenters. The number of likely N-dealkylation sites (N-methyl/N-ethyl adjacent to an activating group) is 1. The Morgan fingerprint density at radius 2 is 2.12 bits per heavy atom. The molecular formula is C19H17ClN2O3. The van der Waals surface area contributed by atoms with Crippen LogP contribution in [0.2, 0.25) is 5.02 Å². The van der Waals surface area contributed by atoms with Crippen LogP contribution in [0.3, 0.4) is 0 Å². The van der Waals surface area contributed by atoms with Crippen LogP contribution in [0.5, 0.6) is 5.75 Å². The van der Waals surface area contributed by atoms with Crippen LogP contribution in [0.4, 0.5) is 0 Å². The van der Waals surface area contributed by atoms with E-state index in [-0.39, 0.29) is 5.91 Å². The molecular weight excluding hydrogens is 340 g/mol. The summed E-state index contributed by atoms with van der Waals surface area (Å²) in [4.78, 5) is 18.2. The van der Waals surface area contributed by atoms with E-state index >= 15 is 0 Å². The van der Waals surface area contributed by atoms with E-state index in [1.54, 1.807) is 43.3 Å². The number of para-hydroxylation sites is 2. The van der Waals surface area contributed by atoms with Crippen molar-refractivity contribution in [2.45, 2.75) is 6.54 Å². The van der Waals surface area contributed by atoms with Gasteiger partial charge in [0.25, 0.3) is 0 Å². The number of rotatable bonds is 5. The number of oxazole rings is 1. The van der Waals surface area contributed by atoms with Gasteiger partial charge in [0.1, 0.15) is 11.3 Å². The van der Waals surface area contributed by atoms with Gasteiger partial charge < -0.3 is 14.1 Å². The normalized spacial score (nSPS) is 11.2. The Morgan fingerprint density at radius 1 is 1.32 bits per heavy atom. The zero-order valence-electron chi connectivity index (χ0n) is 13.9. The predicted molar refractivity (Wildman–Crippen MR) is 97.5 cm³/mol. The summed E-state index contributed by atoms with van der Waals surface area (Å²) in [6, 6.07) is 12.8. The topological polar surface area (TPSA) is 55.6 Å². The molecule has 1 aromatic heterocycles. The van der Waals surface area contributed by atoms with Gasteiger partial charge in [-0.3, -0.25) is 4.79 Å². The highest BCUT2D eigenvalue weighted by Crippen LogP contribution is 2.24. The van der Waals surface area contributed by atoms with E-state index in [0.29, 0.717) is 28.8 Å². The monoisotopic (exact) mass is 356 g/mol. The van der Waals surface area contributed by atoms with E-state index in [0.717, 1.165) is 11.1 Å². The smallest absolute Gasteiger partial charge is 0.246 e. The van der Waals surface area contributed by atoms with Gasteiger partial charge in [0.05, 0.1) is 7.11 Å². The first-order valence-corrected chi connectivity index (χ1v) is 8.06. The molecule has 3 rings (SSSR count). The van der Waals surface area contributed by atoms with Gasteiger partial charge in [-0.25, -0.2) is 4.98 Å². The molecule has 128 valence electrons. The van der Waals surface area contributed by atoms with Gasteiger partial charge in [0, 0.05) is 36.3 Å². The zero-order valence-corrected chi connectivity index (χ0v) is 14.7. The molecule has 3 aromatic rings. The van der Waals surface area contributed by atoms with Crippen LogP contribution in [0, 0.1) is 0 Å². The number of nitrogens with zero attached hydrogens (tertiary/aromatic N) is 2. The number of fused-ring (bicyclic) bond motifs is 1. The van der Waals surface area contributed by atoms with Crippen molar-refractivity contribution in [3.05, 3.63) is 65.0 Å². The number of carbonyl (C=O) groups is 1. The average Bonchev–Trinajstić information content (AvgIpc) is 3.02. The molecule has 0 N–H and O–H groups in total. The summed E-state index contributed by atoms with van der Waals surface area (Å²) in [6.45, 7) is 0.375. The first kappa shape index (κ1) is 17.0. The Labute approximate surface area is 150 Å². The van der Waals surface area contributed by atoms with Gasteiger partial charge in [-0.1, -0.05) is 23.7 Å². The van der Waals surface area contributed by atoms with Crippen molar-refractivity contribution < 1.29 is 13.9 Å². The maximum atomic E-state index is 12.3. The number of carbonyl (C=O) groups excluding carboxylic acids is 1. The fourth-order valence-corrected chi connectivity index (χ4v) is 2.63. The quantitative estimate of drug-likeness (QED) is 0.644. The summed E-state index contributed by atoms with van der Waals surface area (Å²) in [5, 5.41) is 0.596. The highest BCUT2D eigenvalue weighted by atomic mass is 35.5. The molecule has 0 saturated heterocycles. The van der Waals surface area contributed by atoms with Crippen LogP contribution in [0.15, 0.2) is 53.0 Å². The third-order valence-electron chi connectivity index (χ3n) is 3.71. The van der Waals surface area contributed by atoms with Crippen molar-refractivity contribution >= 4 is 34.7 Å². The Hall–Kier alpha value is -2.79. The van der Waals surface area contributed by atoms with Crippen molar-refractivity contribution in [3.63, 3.8) is 0 Å². The number of hydrogen-bond donors (Lipinski definition) is 0. The van der Waals surface area contributed by atoms with Crippen LogP contribution in [-0.2, 0) is 11.3 Å². The SMILES string of the molecule is COc1ccc(Cl)cc1CN(C)C(=O)/C=C/c1nc2ccccc2o1. The third-order valence-corrected chi connectivity index (χ3v) is 3.94. The maximum absolute atomic E-state index is 12.3. The van der Waals surface area contributed by atoms with Crippen LogP contribution in [0.1, 0.15) is 11.5 Å². The minimum Gasteiger partial charge on any atom is -0.496 e. The lowest BCUT2D eigenvalue weighted by molar-refractivity contribution is -0.125. The lowest BCUT2D eigenvalue weighted by Gasteiger charge is -2.17. The number of ether oxygens (including phenoxy) is 1. The van der Waals surface area contributed by atoms with E-state index < -0.39 is 0 Å².